The summed E-state index contributed by atoms with van der Waals surface area (Å²) in [6.07, 6.45) is 2.23. The van der Waals surface area contributed by atoms with Gasteiger partial charge in [0, 0.05) is 17.1 Å². The molecule has 0 unspecified atom stereocenters. The number of hydrogen-bond acceptors (Lipinski definition) is 3. The smallest absolute Gasteiger partial charge is 0.147 e. The molecule has 0 radical (unpaired) electrons. The summed E-state index contributed by atoms with van der Waals surface area (Å²) in [6.45, 7) is 0. The monoisotopic (exact) mass is 321 g/mol. The van der Waals surface area contributed by atoms with Crippen LogP contribution in [0.3, 0.4) is 0 Å². The number of carbonyl (C=O) groups is 1. The summed E-state index contributed by atoms with van der Waals surface area (Å²) in [7, 11) is 0. The molecule has 2 aromatic rings. The van der Waals surface area contributed by atoms with Gasteiger partial charge in [0.15, 0.2) is 0 Å². The van der Waals surface area contributed by atoms with E-state index >= 15 is 0 Å². The molecule has 0 aliphatic rings. The Balaban J connectivity index is 1.83. The predicted octanol–water partition coefficient (Wildman–Crippen LogP) is 3.75. The molecule has 0 spiro atoms. The van der Waals surface area contributed by atoms with E-state index in [0.717, 1.165) is 15.1 Å². The van der Waals surface area contributed by atoms with Gasteiger partial charge in [0.25, 0.3) is 0 Å². The minimum atomic E-state index is 0.218. The van der Waals surface area contributed by atoms with E-state index < -0.39 is 0 Å². The lowest BCUT2D eigenvalue weighted by Crippen LogP contribution is -2.05. The maximum absolute atomic E-state index is 11.8. The van der Waals surface area contributed by atoms with Gasteiger partial charge < -0.3 is 0 Å². The average Bonchev–Trinajstić information content (AvgIpc) is 2.39. The first-order valence-corrected chi connectivity index (χ1v) is 7.32. The maximum Gasteiger partial charge on any atom is 0.147 e. The number of hydrogen-bond donors (Lipinski definition) is 0. The van der Waals surface area contributed by atoms with Crippen LogP contribution in [0.4, 0.5) is 0 Å². The number of ketones is 1. The molecule has 0 N–H and O–H groups in total. The number of pyridine rings is 1. The SMILES string of the molecule is O=C(CSc1ccc(Br)cn1)Cc1ccccc1. The molecule has 1 heterocycles. The van der Waals surface area contributed by atoms with Crippen LogP contribution in [-0.2, 0) is 11.2 Å². The van der Waals surface area contributed by atoms with Gasteiger partial charge >= 0.3 is 0 Å². The van der Waals surface area contributed by atoms with Crippen molar-refractivity contribution < 1.29 is 4.79 Å². The third kappa shape index (κ3) is 4.27. The minimum absolute atomic E-state index is 0.218. The fraction of sp³-hybridized carbons (Fsp3) is 0.143. The molecule has 4 heteroatoms. The highest BCUT2D eigenvalue weighted by Crippen LogP contribution is 2.18. The third-order valence-corrected chi connectivity index (χ3v) is 3.80. The van der Waals surface area contributed by atoms with Crippen molar-refractivity contribution >= 4 is 33.5 Å². The molecule has 0 fully saturated rings. The number of thioether (sulfide) groups is 1. The zero-order valence-corrected chi connectivity index (χ0v) is 12.1. The summed E-state index contributed by atoms with van der Waals surface area (Å²) in [5, 5.41) is 0.875. The minimum Gasteiger partial charge on any atom is -0.298 e. The van der Waals surface area contributed by atoms with Crippen LogP contribution >= 0.6 is 27.7 Å². The first kappa shape index (κ1) is 13.3. The Kier molecular flexibility index (Phi) is 4.96. The highest BCUT2D eigenvalue weighted by Gasteiger charge is 2.05. The van der Waals surface area contributed by atoms with Crippen LogP contribution in [0, 0.1) is 0 Å². The van der Waals surface area contributed by atoms with E-state index in [1.165, 1.54) is 11.8 Å². The zero-order chi connectivity index (χ0) is 12.8. The number of rotatable bonds is 5. The summed E-state index contributed by atoms with van der Waals surface area (Å²) < 4.78 is 0.947. The van der Waals surface area contributed by atoms with E-state index in [1.807, 2.05) is 42.5 Å². The van der Waals surface area contributed by atoms with Crippen molar-refractivity contribution in [3.63, 3.8) is 0 Å². The van der Waals surface area contributed by atoms with E-state index in [4.69, 9.17) is 0 Å². The molecular weight excluding hydrogens is 310 g/mol. The number of Topliss-reactive ketones (excluding diaryl/α,β-unsaturated/α-hetero) is 1. The maximum atomic E-state index is 11.8. The second kappa shape index (κ2) is 6.71. The van der Waals surface area contributed by atoms with Gasteiger partial charge in [-0.05, 0) is 33.6 Å². The number of halogens is 1. The Hall–Kier alpha value is -1.13. The predicted molar refractivity (Wildman–Crippen MR) is 77.8 cm³/mol. The van der Waals surface area contributed by atoms with Gasteiger partial charge in [-0.1, -0.05) is 42.1 Å². The average molecular weight is 322 g/mol. The molecule has 0 saturated carbocycles. The molecule has 0 aliphatic carbocycles. The second-order valence-electron chi connectivity index (χ2n) is 3.80. The van der Waals surface area contributed by atoms with Crippen LogP contribution in [0.15, 0.2) is 58.2 Å². The van der Waals surface area contributed by atoms with Gasteiger partial charge in [0.1, 0.15) is 5.78 Å². The third-order valence-electron chi connectivity index (χ3n) is 2.33. The summed E-state index contributed by atoms with van der Waals surface area (Å²) in [5.41, 5.74) is 1.06. The molecule has 1 aromatic heterocycles. The Morgan fingerprint density at radius 1 is 1.17 bits per heavy atom. The number of carbonyl (C=O) groups excluding carboxylic acids is 1. The van der Waals surface area contributed by atoms with Crippen LogP contribution in [0.5, 0.6) is 0 Å². The lowest BCUT2D eigenvalue weighted by molar-refractivity contribution is -0.116. The van der Waals surface area contributed by atoms with E-state index in [1.54, 1.807) is 6.20 Å². The van der Waals surface area contributed by atoms with Crippen LogP contribution in [0.25, 0.3) is 0 Å². The van der Waals surface area contributed by atoms with Crippen molar-refractivity contribution in [2.24, 2.45) is 0 Å². The summed E-state index contributed by atoms with van der Waals surface area (Å²) >= 11 is 4.81. The Morgan fingerprint density at radius 2 is 1.94 bits per heavy atom. The number of nitrogens with zero attached hydrogens (tertiary/aromatic N) is 1. The molecule has 92 valence electrons. The quantitative estimate of drug-likeness (QED) is 0.786. The van der Waals surface area contributed by atoms with Gasteiger partial charge in [-0.3, -0.25) is 4.79 Å². The fourth-order valence-electron chi connectivity index (χ4n) is 1.48. The molecule has 1 aromatic carbocycles. The van der Waals surface area contributed by atoms with Crippen molar-refractivity contribution in [2.45, 2.75) is 11.4 Å². The van der Waals surface area contributed by atoms with E-state index in [-0.39, 0.29) is 5.78 Å². The standard InChI is InChI=1S/C14H12BrNOS/c15-12-6-7-14(16-9-12)18-10-13(17)8-11-4-2-1-3-5-11/h1-7,9H,8,10H2. The van der Waals surface area contributed by atoms with Crippen LogP contribution in [0.1, 0.15) is 5.56 Å². The van der Waals surface area contributed by atoms with E-state index in [2.05, 4.69) is 20.9 Å². The summed E-state index contributed by atoms with van der Waals surface area (Å²) in [4.78, 5) is 16.0. The Labute approximate surface area is 119 Å². The highest BCUT2D eigenvalue weighted by molar-refractivity contribution is 9.10. The molecular formula is C14H12BrNOS. The summed E-state index contributed by atoms with van der Waals surface area (Å²) in [6, 6.07) is 13.6. The molecule has 0 bridgehead atoms. The molecule has 0 saturated heterocycles. The fourth-order valence-corrected chi connectivity index (χ4v) is 2.41. The Morgan fingerprint density at radius 3 is 2.61 bits per heavy atom. The lowest BCUT2D eigenvalue weighted by atomic mass is 10.1. The van der Waals surface area contributed by atoms with Crippen LogP contribution in [0.2, 0.25) is 0 Å². The molecule has 2 rings (SSSR count). The molecule has 0 aliphatic heterocycles. The van der Waals surface area contributed by atoms with Gasteiger partial charge in [0.2, 0.25) is 0 Å². The van der Waals surface area contributed by atoms with Crippen molar-refractivity contribution in [3.05, 3.63) is 58.7 Å². The largest absolute Gasteiger partial charge is 0.298 e. The van der Waals surface area contributed by atoms with E-state index in [9.17, 15) is 4.79 Å². The topological polar surface area (TPSA) is 30.0 Å². The number of aromatic nitrogens is 1. The molecule has 18 heavy (non-hydrogen) atoms. The van der Waals surface area contributed by atoms with Crippen molar-refractivity contribution in [1.82, 2.24) is 4.98 Å². The van der Waals surface area contributed by atoms with Gasteiger partial charge in [0.05, 0.1) is 10.8 Å². The van der Waals surface area contributed by atoms with Gasteiger partial charge in [-0.2, -0.15) is 0 Å². The molecule has 0 amide bonds. The lowest BCUT2D eigenvalue weighted by Gasteiger charge is -2.01. The van der Waals surface area contributed by atoms with Crippen molar-refractivity contribution in [3.8, 4) is 0 Å². The van der Waals surface area contributed by atoms with Crippen LogP contribution < -0.4 is 0 Å². The van der Waals surface area contributed by atoms with Crippen molar-refractivity contribution in [2.75, 3.05) is 5.75 Å². The Bertz CT molecular complexity index is 513. The van der Waals surface area contributed by atoms with E-state index in [0.29, 0.717) is 12.2 Å². The zero-order valence-electron chi connectivity index (χ0n) is 9.67. The molecule has 2 nitrogen and oxygen atoms in total. The van der Waals surface area contributed by atoms with Crippen LogP contribution in [-0.4, -0.2) is 16.5 Å². The van der Waals surface area contributed by atoms with Crippen molar-refractivity contribution in [1.29, 1.82) is 0 Å². The highest BCUT2D eigenvalue weighted by atomic mass is 79.9. The normalized spacial score (nSPS) is 10.3. The first-order chi connectivity index (χ1) is 8.74. The summed E-state index contributed by atoms with van der Waals surface area (Å²) in [5.74, 6) is 0.680. The second-order valence-corrected chi connectivity index (χ2v) is 5.72. The number of benzene rings is 1. The molecule has 0 atom stereocenters. The van der Waals surface area contributed by atoms with Gasteiger partial charge in [-0.15, -0.1) is 0 Å². The van der Waals surface area contributed by atoms with Gasteiger partial charge in [-0.25, -0.2) is 4.98 Å². The first-order valence-electron chi connectivity index (χ1n) is 5.54.